The topological polar surface area (TPSA) is 54.7 Å². The molecule has 1 aliphatic rings. The highest BCUT2D eigenvalue weighted by Gasteiger charge is 2.36. The summed E-state index contributed by atoms with van der Waals surface area (Å²) in [5, 5.41) is 6.96. The average Bonchev–Trinajstić information content (AvgIpc) is 2.60. The summed E-state index contributed by atoms with van der Waals surface area (Å²) in [7, 11) is 1.52. The molecule has 2 atom stereocenters. The van der Waals surface area contributed by atoms with Gasteiger partial charge in [-0.3, -0.25) is 4.79 Å². The molecule has 0 bridgehead atoms. The molecule has 1 aromatic rings. The third-order valence-electron chi connectivity index (χ3n) is 4.62. The number of anilines is 1. The van der Waals surface area contributed by atoms with E-state index in [4.69, 9.17) is 11.3 Å². The van der Waals surface area contributed by atoms with Gasteiger partial charge < -0.3 is 15.4 Å². The molecule has 2 rings (SSSR count). The number of carbonyl (C=O) groups is 1. The van der Waals surface area contributed by atoms with E-state index in [0.717, 1.165) is 17.9 Å². The van der Waals surface area contributed by atoms with Crippen molar-refractivity contribution < 1.29 is 9.53 Å². The minimum absolute atomic E-state index is 0.0880. The molecule has 1 aliphatic heterocycles. The summed E-state index contributed by atoms with van der Waals surface area (Å²) < 4.78 is 4.88. The number of rotatable bonds is 7. The molecule has 25 heavy (non-hydrogen) atoms. The number of nitrogens with zero attached hydrogens (tertiary/aromatic N) is 1. The first-order valence-corrected chi connectivity index (χ1v) is 9.61. The lowest BCUT2D eigenvalue weighted by Gasteiger charge is -2.42. The van der Waals surface area contributed by atoms with Gasteiger partial charge in [0.15, 0.2) is 5.69 Å². The lowest BCUT2D eigenvalue weighted by Crippen LogP contribution is -2.47. The Kier molecular flexibility index (Phi) is 6.74. The van der Waals surface area contributed by atoms with Crippen LogP contribution in [0.2, 0.25) is 0 Å². The fraction of sp³-hybridized carbons (Fsp3) is 0.579. The van der Waals surface area contributed by atoms with Crippen LogP contribution in [-0.2, 0) is 9.53 Å². The molecule has 0 aromatic heterocycles. The van der Waals surface area contributed by atoms with Gasteiger partial charge in [-0.1, -0.05) is 32.9 Å². The van der Waals surface area contributed by atoms with Gasteiger partial charge in [0.2, 0.25) is 5.91 Å². The van der Waals surface area contributed by atoms with Crippen LogP contribution in [0.3, 0.4) is 0 Å². The van der Waals surface area contributed by atoms with Gasteiger partial charge in [-0.25, -0.2) is 4.85 Å². The molecule has 2 N–H and O–H groups in total. The van der Waals surface area contributed by atoms with Crippen LogP contribution >= 0.6 is 11.8 Å². The summed E-state index contributed by atoms with van der Waals surface area (Å²) in [4.78, 5) is 15.3. The van der Waals surface area contributed by atoms with Crippen LogP contribution in [-0.4, -0.2) is 38.0 Å². The Hall–Kier alpha value is -1.71. The quantitative estimate of drug-likeness (QED) is 0.721. The van der Waals surface area contributed by atoms with Crippen molar-refractivity contribution in [2.75, 3.05) is 31.3 Å². The zero-order chi connectivity index (χ0) is 18.4. The van der Waals surface area contributed by atoms with Gasteiger partial charge in [0, 0.05) is 36.0 Å². The van der Waals surface area contributed by atoms with Crippen molar-refractivity contribution in [1.82, 2.24) is 5.32 Å². The lowest BCUT2D eigenvalue weighted by molar-refractivity contribution is -0.125. The third kappa shape index (κ3) is 4.90. The van der Waals surface area contributed by atoms with E-state index in [1.54, 1.807) is 0 Å². The largest absolute Gasteiger partial charge is 0.381 e. The molecule has 2 unspecified atom stereocenters. The third-order valence-corrected chi connectivity index (χ3v) is 5.80. The number of thioether (sulfide) groups is 1. The maximum Gasteiger partial charge on any atom is 0.246 e. The molecule has 0 fully saturated rings. The summed E-state index contributed by atoms with van der Waals surface area (Å²) >= 11 is 1.92. The lowest BCUT2D eigenvalue weighted by atomic mass is 9.78. The van der Waals surface area contributed by atoms with E-state index in [-0.39, 0.29) is 24.0 Å². The highest BCUT2D eigenvalue weighted by molar-refractivity contribution is 7.99. The number of hydrogen-bond donors (Lipinski definition) is 2. The maximum atomic E-state index is 11.7. The van der Waals surface area contributed by atoms with E-state index in [1.807, 2.05) is 30.0 Å². The number of carbonyl (C=O) groups excluding carboxylic acids is 1. The minimum Gasteiger partial charge on any atom is -0.381 e. The fourth-order valence-electron chi connectivity index (χ4n) is 3.11. The average molecular weight is 362 g/mol. The Morgan fingerprint density at radius 3 is 2.92 bits per heavy atom. The first-order valence-electron chi connectivity index (χ1n) is 8.56. The van der Waals surface area contributed by atoms with E-state index in [9.17, 15) is 4.79 Å². The smallest absolute Gasteiger partial charge is 0.246 e. The Labute approximate surface area is 154 Å². The maximum absolute atomic E-state index is 11.7. The molecule has 0 saturated heterocycles. The molecule has 1 aromatic carbocycles. The van der Waals surface area contributed by atoms with Gasteiger partial charge in [0.25, 0.3) is 0 Å². The summed E-state index contributed by atoms with van der Waals surface area (Å²) in [5.74, 6) is 0.942. The van der Waals surface area contributed by atoms with Crippen LogP contribution in [0, 0.1) is 12.0 Å². The van der Waals surface area contributed by atoms with E-state index < -0.39 is 0 Å². The minimum atomic E-state index is -0.105. The normalized spacial score (nSPS) is 19.5. The second-order valence-electron chi connectivity index (χ2n) is 6.96. The molecule has 0 radical (unpaired) electrons. The number of ether oxygens (including phenoxy) is 1. The second kappa shape index (κ2) is 8.59. The molecule has 1 amide bonds. The fourth-order valence-corrected chi connectivity index (χ4v) is 4.22. The Morgan fingerprint density at radius 2 is 2.28 bits per heavy atom. The first-order chi connectivity index (χ1) is 11.9. The Balaban J connectivity index is 2.17. The SMILES string of the molecule is [C-]#[N+]c1ccc2c(c1)C(SCC)CC(C(C)(C)CNC(=O)COC)N2. The molecular weight excluding hydrogens is 334 g/mol. The summed E-state index contributed by atoms with van der Waals surface area (Å²) in [6.07, 6.45) is 0.972. The van der Waals surface area contributed by atoms with Crippen molar-refractivity contribution >= 4 is 29.0 Å². The van der Waals surface area contributed by atoms with Crippen LogP contribution in [0.1, 0.15) is 38.0 Å². The summed E-state index contributed by atoms with van der Waals surface area (Å²) in [6.45, 7) is 14.4. The number of fused-ring (bicyclic) bond motifs is 1. The van der Waals surface area contributed by atoms with Crippen LogP contribution in [0.4, 0.5) is 11.4 Å². The zero-order valence-electron chi connectivity index (χ0n) is 15.4. The highest BCUT2D eigenvalue weighted by Crippen LogP contribution is 2.46. The Bertz CT molecular complexity index is 655. The van der Waals surface area contributed by atoms with Crippen LogP contribution in [0.5, 0.6) is 0 Å². The zero-order valence-corrected chi connectivity index (χ0v) is 16.2. The molecule has 0 spiro atoms. The number of benzene rings is 1. The van der Waals surface area contributed by atoms with Crippen LogP contribution < -0.4 is 10.6 Å². The van der Waals surface area contributed by atoms with Gasteiger partial charge in [-0.2, -0.15) is 11.8 Å². The molecule has 0 aliphatic carbocycles. The monoisotopic (exact) mass is 361 g/mol. The summed E-state index contributed by atoms with van der Waals surface area (Å²) in [6, 6.07) is 6.12. The molecule has 5 nitrogen and oxygen atoms in total. The number of nitrogens with one attached hydrogen (secondary N) is 2. The van der Waals surface area contributed by atoms with Gasteiger partial charge >= 0.3 is 0 Å². The van der Waals surface area contributed by atoms with Crippen molar-refractivity contribution in [2.24, 2.45) is 5.41 Å². The molecule has 6 heteroatoms. The first kappa shape index (κ1) is 19.6. The van der Waals surface area contributed by atoms with E-state index >= 15 is 0 Å². The van der Waals surface area contributed by atoms with Gasteiger partial charge in [0.1, 0.15) is 6.61 Å². The number of amides is 1. The molecule has 0 saturated carbocycles. The van der Waals surface area contributed by atoms with Crippen molar-refractivity contribution in [3.05, 3.63) is 35.2 Å². The second-order valence-corrected chi connectivity index (χ2v) is 8.44. The van der Waals surface area contributed by atoms with Gasteiger partial charge in [-0.15, -0.1) is 0 Å². The van der Waals surface area contributed by atoms with Crippen molar-refractivity contribution in [3.8, 4) is 0 Å². The van der Waals surface area contributed by atoms with Crippen LogP contribution in [0.25, 0.3) is 4.85 Å². The van der Waals surface area contributed by atoms with E-state index in [1.165, 1.54) is 12.7 Å². The summed E-state index contributed by atoms with van der Waals surface area (Å²) in [5.41, 5.74) is 2.90. The van der Waals surface area contributed by atoms with E-state index in [0.29, 0.717) is 17.5 Å². The van der Waals surface area contributed by atoms with E-state index in [2.05, 4.69) is 36.2 Å². The standard InChI is InChI=1S/C19H27N3O2S/c1-6-25-16-10-17(19(2,3)12-21-18(23)11-24-5)22-15-8-7-13(20-4)9-14(15)16/h7-9,16-17,22H,6,10-12H2,1-3,5H3,(H,21,23). The van der Waals surface area contributed by atoms with Gasteiger partial charge in [-0.05, 0) is 23.8 Å². The predicted octanol–water partition coefficient (Wildman–Crippen LogP) is 4.00. The number of hydrogen-bond acceptors (Lipinski definition) is 4. The molecule has 136 valence electrons. The van der Waals surface area contributed by atoms with Crippen molar-refractivity contribution in [2.45, 2.75) is 38.5 Å². The Morgan fingerprint density at radius 1 is 1.52 bits per heavy atom. The molecule has 1 heterocycles. The van der Waals surface area contributed by atoms with Gasteiger partial charge in [0.05, 0.1) is 6.57 Å². The predicted molar refractivity (Wildman–Crippen MR) is 104 cm³/mol. The van der Waals surface area contributed by atoms with Crippen molar-refractivity contribution in [3.63, 3.8) is 0 Å². The van der Waals surface area contributed by atoms with Crippen molar-refractivity contribution in [1.29, 1.82) is 0 Å². The highest BCUT2D eigenvalue weighted by atomic mass is 32.2. The number of methoxy groups -OCH3 is 1. The van der Waals surface area contributed by atoms with Crippen LogP contribution in [0.15, 0.2) is 18.2 Å². The molecular formula is C19H27N3O2S.